The van der Waals surface area contributed by atoms with Crippen LogP contribution >= 0.6 is 0 Å². The minimum atomic E-state index is -0.183. The number of nitrogens with zero attached hydrogens (tertiary/aromatic N) is 5. The first kappa shape index (κ1) is 20.5. The molecule has 1 amide bonds. The van der Waals surface area contributed by atoms with Gasteiger partial charge in [0.25, 0.3) is 5.91 Å². The Kier molecular flexibility index (Phi) is 5.88. The predicted octanol–water partition coefficient (Wildman–Crippen LogP) is 4.37. The number of anilines is 2. The van der Waals surface area contributed by atoms with Crippen molar-refractivity contribution in [2.24, 2.45) is 0 Å². The van der Waals surface area contributed by atoms with Crippen molar-refractivity contribution in [3.8, 4) is 0 Å². The van der Waals surface area contributed by atoms with Gasteiger partial charge in [-0.1, -0.05) is 19.1 Å². The molecule has 0 radical (unpaired) electrons. The second-order valence-corrected chi connectivity index (χ2v) is 7.38. The van der Waals surface area contributed by atoms with Gasteiger partial charge in [0.2, 0.25) is 5.65 Å². The third-order valence-electron chi connectivity index (χ3n) is 5.01. The van der Waals surface area contributed by atoms with Gasteiger partial charge < -0.3 is 10.6 Å². The van der Waals surface area contributed by atoms with E-state index in [1.807, 2.05) is 55.1 Å². The van der Waals surface area contributed by atoms with Crippen LogP contribution in [0.4, 0.5) is 11.5 Å². The third kappa shape index (κ3) is 4.69. The highest BCUT2D eigenvalue weighted by molar-refractivity contribution is 6.04. The SMILES string of the molecule is CC[C@H](Nc1cnc2cn(CC)nc2n1)c1cccc(NC(=O)c2cncc(C)c2)c1. The molecular formula is C23H25N7O. The molecule has 0 aliphatic heterocycles. The highest BCUT2D eigenvalue weighted by Crippen LogP contribution is 2.25. The van der Waals surface area contributed by atoms with Crippen LogP contribution in [0.25, 0.3) is 11.2 Å². The standard InChI is InChI=1S/C23H25N7O/c1-4-19(27-21-13-25-20-14-30(5-2)29-22(20)28-21)16-7-6-8-18(10-16)26-23(31)17-9-15(3)11-24-12-17/h6-14,19H,4-5H2,1-3H3,(H,26,31)(H,27,28,29)/t19-/m0/s1. The number of amides is 1. The Labute approximate surface area is 180 Å². The van der Waals surface area contributed by atoms with Gasteiger partial charge in [-0.25, -0.2) is 9.97 Å². The zero-order chi connectivity index (χ0) is 21.8. The summed E-state index contributed by atoms with van der Waals surface area (Å²) in [6.45, 7) is 6.81. The number of carbonyl (C=O) groups excluding carboxylic acids is 1. The lowest BCUT2D eigenvalue weighted by atomic mass is 10.0. The van der Waals surface area contributed by atoms with E-state index in [1.165, 1.54) is 0 Å². The number of benzene rings is 1. The Balaban J connectivity index is 1.51. The number of hydrogen-bond acceptors (Lipinski definition) is 6. The average molecular weight is 416 g/mol. The average Bonchev–Trinajstić information content (AvgIpc) is 3.20. The summed E-state index contributed by atoms with van der Waals surface area (Å²) < 4.78 is 1.82. The van der Waals surface area contributed by atoms with Crippen molar-refractivity contribution in [2.75, 3.05) is 10.6 Å². The Hall–Kier alpha value is -3.81. The van der Waals surface area contributed by atoms with Gasteiger partial charge in [-0.2, -0.15) is 5.10 Å². The first-order valence-electron chi connectivity index (χ1n) is 10.4. The first-order valence-corrected chi connectivity index (χ1v) is 10.4. The molecule has 4 rings (SSSR count). The van der Waals surface area contributed by atoms with Gasteiger partial charge in [-0.3, -0.25) is 14.5 Å². The normalized spacial score (nSPS) is 12.0. The van der Waals surface area contributed by atoms with Crippen LogP contribution in [0.1, 0.15) is 47.8 Å². The quantitative estimate of drug-likeness (QED) is 0.465. The number of carbonyl (C=O) groups is 1. The van der Waals surface area contributed by atoms with Crippen LogP contribution in [0.3, 0.4) is 0 Å². The molecule has 31 heavy (non-hydrogen) atoms. The van der Waals surface area contributed by atoms with Gasteiger partial charge >= 0.3 is 0 Å². The summed E-state index contributed by atoms with van der Waals surface area (Å²) >= 11 is 0. The molecule has 8 heteroatoms. The van der Waals surface area contributed by atoms with Crippen molar-refractivity contribution in [3.05, 3.63) is 71.8 Å². The first-order chi connectivity index (χ1) is 15.1. The molecule has 0 saturated heterocycles. The van der Waals surface area contributed by atoms with Crippen molar-refractivity contribution < 1.29 is 4.79 Å². The minimum absolute atomic E-state index is 0.0116. The van der Waals surface area contributed by atoms with Crippen molar-refractivity contribution in [1.82, 2.24) is 24.7 Å². The summed E-state index contributed by atoms with van der Waals surface area (Å²) in [4.78, 5) is 25.7. The molecule has 0 spiro atoms. The molecule has 0 bridgehead atoms. The van der Waals surface area contributed by atoms with E-state index in [9.17, 15) is 4.79 Å². The van der Waals surface area contributed by atoms with E-state index in [1.54, 1.807) is 18.6 Å². The van der Waals surface area contributed by atoms with Crippen LogP contribution in [0.15, 0.2) is 55.1 Å². The molecule has 158 valence electrons. The van der Waals surface area contributed by atoms with Crippen LogP contribution in [0, 0.1) is 6.92 Å². The van der Waals surface area contributed by atoms with Gasteiger partial charge in [0, 0.05) is 24.6 Å². The van der Waals surface area contributed by atoms with E-state index in [0.29, 0.717) is 17.0 Å². The summed E-state index contributed by atoms with van der Waals surface area (Å²) in [6, 6.07) is 9.64. The van der Waals surface area contributed by atoms with Crippen molar-refractivity contribution in [1.29, 1.82) is 0 Å². The van der Waals surface area contributed by atoms with Gasteiger partial charge in [-0.15, -0.1) is 0 Å². The van der Waals surface area contributed by atoms with E-state index in [-0.39, 0.29) is 11.9 Å². The molecule has 0 aliphatic rings. The van der Waals surface area contributed by atoms with Gasteiger partial charge in [0.1, 0.15) is 11.3 Å². The summed E-state index contributed by atoms with van der Waals surface area (Å²) in [5, 5.41) is 10.8. The van der Waals surface area contributed by atoms with E-state index in [0.717, 1.165) is 35.3 Å². The number of fused-ring (bicyclic) bond motifs is 1. The van der Waals surface area contributed by atoms with Crippen LogP contribution < -0.4 is 10.6 Å². The molecule has 0 aliphatic carbocycles. The van der Waals surface area contributed by atoms with E-state index in [4.69, 9.17) is 0 Å². The van der Waals surface area contributed by atoms with Gasteiger partial charge in [0.15, 0.2) is 0 Å². The Morgan fingerprint density at radius 3 is 2.81 bits per heavy atom. The van der Waals surface area contributed by atoms with Gasteiger partial charge in [0.05, 0.1) is 24.0 Å². The zero-order valence-electron chi connectivity index (χ0n) is 17.8. The second-order valence-electron chi connectivity index (χ2n) is 7.38. The number of hydrogen-bond donors (Lipinski definition) is 2. The van der Waals surface area contributed by atoms with E-state index < -0.39 is 0 Å². The molecule has 4 aromatic rings. The molecule has 0 saturated carbocycles. The number of aryl methyl sites for hydroxylation is 2. The maximum absolute atomic E-state index is 12.6. The summed E-state index contributed by atoms with van der Waals surface area (Å²) in [5.41, 5.74) is 4.64. The van der Waals surface area contributed by atoms with E-state index >= 15 is 0 Å². The largest absolute Gasteiger partial charge is 0.362 e. The summed E-state index contributed by atoms with van der Waals surface area (Å²) in [7, 11) is 0. The van der Waals surface area contributed by atoms with Crippen molar-refractivity contribution in [3.63, 3.8) is 0 Å². The maximum Gasteiger partial charge on any atom is 0.257 e. The summed E-state index contributed by atoms with van der Waals surface area (Å²) in [6.07, 6.45) is 7.74. The smallest absolute Gasteiger partial charge is 0.257 e. The Bertz CT molecular complexity index is 1220. The van der Waals surface area contributed by atoms with Crippen molar-refractivity contribution >= 4 is 28.6 Å². The molecule has 8 nitrogen and oxygen atoms in total. The highest BCUT2D eigenvalue weighted by atomic mass is 16.1. The van der Waals surface area contributed by atoms with Crippen LogP contribution in [-0.2, 0) is 6.54 Å². The van der Waals surface area contributed by atoms with Gasteiger partial charge in [-0.05, 0) is 49.6 Å². The fourth-order valence-electron chi connectivity index (χ4n) is 3.39. The molecule has 2 N–H and O–H groups in total. The topological polar surface area (TPSA) is 97.6 Å². The third-order valence-corrected chi connectivity index (χ3v) is 5.01. The molecule has 3 heterocycles. The van der Waals surface area contributed by atoms with Crippen LogP contribution in [0.5, 0.6) is 0 Å². The van der Waals surface area contributed by atoms with Crippen LogP contribution in [0.2, 0.25) is 0 Å². The molecule has 1 aromatic carbocycles. The number of nitrogens with one attached hydrogen (secondary N) is 2. The van der Waals surface area contributed by atoms with Crippen LogP contribution in [-0.4, -0.2) is 30.6 Å². The molecular weight excluding hydrogens is 390 g/mol. The maximum atomic E-state index is 12.6. The zero-order valence-corrected chi connectivity index (χ0v) is 17.8. The number of rotatable bonds is 7. The fourth-order valence-corrected chi connectivity index (χ4v) is 3.39. The molecule has 1 atom stereocenters. The Morgan fingerprint density at radius 2 is 2.03 bits per heavy atom. The minimum Gasteiger partial charge on any atom is -0.362 e. The predicted molar refractivity (Wildman–Crippen MR) is 121 cm³/mol. The molecule has 0 unspecified atom stereocenters. The lowest BCUT2D eigenvalue weighted by molar-refractivity contribution is 0.102. The number of aromatic nitrogens is 5. The molecule has 0 fully saturated rings. The lowest BCUT2D eigenvalue weighted by Crippen LogP contribution is -2.14. The highest BCUT2D eigenvalue weighted by Gasteiger charge is 2.13. The van der Waals surface area contributed by atoms with E-state index in [2.05, 4.69) is 37.6 Å². The lowest BCUT2D eigenvalue weighted by Gasteiger charge is -2.19. The van der Waals surface area contributed by atoms with Crippen molar-refractivity contribution in [2.45, 2.75) is 39.8 Å². The monoisotopic (exact) mass is 415 g/mol. The Morgan fingerprint density at radius 1 is 1.16 bits per heavy atom. The molecule has 3 aromatic heterocycles. The number of pyridine rings is 1. The summed E-state index contributed by atoms with van der Waals surface area (Å²) in [5.74, 6) is 0.484. The fraction of sp³-hybridized carbons (Fsp3) is 0.261. The second kappa shape index (κ2) is 8.91.